The highest BCUT2D eigenvalue weighted by Gasteiger charge is 2.24. The second kappa shape index (κ2) is 8.22. The van der Waals surface area contributed by atoms with Crippen LogP contribution in [0.4, 0.5) is 5.13 Å². The summed E-state index contributed by atoms with van der Waals surface area (Å²) in [4.78, 5) is 21.8. The molecule has 3 aromatic rings. The number of likely N-dealkylation sites (N-methyl/N-ethyl adjacent to an activating group) is 1. The molecule has 0 aliphatic rings. The van der Waals surface area contributed by atoms with Gasteiger partial charge in [0.1, 0.15) is 5.52 Å². The van der Waals surface area contributed by atoms with Crippen molar-refractivity contribution >= 4 is 42.4 Å². The molecule has 0 unspecified atom stereocenters. The van der Waals surface area contributed by atoms with Gasteiger partial charge >= 0.3 is 0 Å². The number of aromatic nitrogens is 1. The third-order valence-corrected chi connectivity index (χ3v) is 6.66. The quantitative estimate of drug-likeness (QED) is 0.597. The molecular formula is C21H25N3O3S2. The number of hydrogen-bond donors (Lipinski definition) is 0. The molecular weight excluding hydrogens is 406 g/mol. The molecule has 6 nitrogen and oxygen atoms in total. The van der Waals surface area contributed by atoms with Gasteiger partial charge in [-0.3, -0.25) is 9.69 Å². The maximum Gasteiger partial charge on any atom is 0.260 e. The first kappa shape index (κ1) is 21.4. The van der Waals surface area contributed by atoms with Crippen LogP contribution in [0, 0.1) is 13.8 Å². The van der Waals surface area contributed by atoms with Crippen molar-refractivity contribution in [2.45, 2.75) is 18.7 Å². The van der Waals surface area contributed by atoms with Crippen molar-refractivity contribution in [3.8, 4) is 0 Å². The van der Waals surface area contributed by atoms with Gasteiger partial charge in [-0.15, -0.1) is 0 Å². The summed E-state index contributed by atoms with van der Waals surface area (Å²) in [6.45, 7) is 5.03. The SMILES string of the molecule is Cc1cc(C)cc(C(=O)N(CCN(C)C)c2nc3c(S(C)(=O)=O)cccc3s2)c1. The second-order valence-corrected chi connectivity index (χ2v) is 10.5. The molecule has 2 aromatic carbocycles. The van der Waals surface area contributed by atoms with E-state index in [0.717, 1.165) is 15.8 Å². The van der Waals surface area contributed by atoms with E-state index in [9.17, 15) is 13.2 Å². The van der Waals surface area contributed by atoms with E-state index in [4.69, 9.17) is 0 Å². The fourth-order valence-corrected chi connectivity index (χ4v) is 5.08. The lowest BCUT2D eigenvalue weighted by molar-refractivity contribution is 0.0985. The molecule has 0 bridgehead atoms. The molecule has 0 aliphatic carbocycles. The van der Waals surface area contributed by atoms with Gasteiger partial charge in [0.15, 0.2) is 15.0 Å². The zero-order chi connectivity index (χ0) is 21.3. The highest BCUT2D eigenvalue weighted by molar-refractivity contribution is 7.91. The number of para-hydroxylation sites is 1. The van der Waals surface area contributed by atoms with Crippen molar-refractivity contribution in [3.63, 3.8) is 0 Å². The lowest BCUT2D eigenvalue weighted by Crippen LogP contribution is -2.36. The number of anilines is 1. The molecule has 0 radical (unpaired) electrons. The standard InChI is InChI=1S/C21H25N3O3S2/c1-14-11-15(2)13-16(12-14)20(25)24(10-9-23(3)4)21-22-19-17(28-21)7-6-8-18(19)29(5,26)27/h6-8,11-13H,9-10H2,1-5H3. The molecule has 154 valence electrons. The van der Waals surface area contributed by atoms with Gasteiger partial charge < -0.3 is 4.90 Å². The highest BCUT2D eigenvalue weighted by Crippen LogP contribution is 2.33. The largest absolute Gasteiger partial charge is 0.308 e. The summed E-state index contributed by atoms with van der Waals surface area (Å²) >= 11 is 1.33. The molecule has 0 N–H and O–H groups in total. The fraction of sp³-hybridized carbons (Fsp3) is 0.333. The maximum absolute atomic E-state index is 13.4. The highest BCUT2D eigenvalue weighted by atomic mass is 32.2. The van der Waals surface area contributed by atoms with Crippen molar-refractivity contribution in [2.24, 2.45) is 0 Å². The number of fused-ring (bicyclic) bond motifs is 1. The topological polar surface area (TPSA) is 70.6 Å². The zero-order valence-corrected chi connectivity index (χ0v) is 18.9. The minimum atomic E-state index is -3.42. The minimum absolute atomic E-state index is 0.140. The number of nitrogens with zero attached hydrogens (tertiary/aromatic N) is 3. The van der Waals surface area contributed by atoms with E-state index in [0.29, 0.717) is 29.3 Å². The van der Waals surface area contributed by atoms with E-state index in [-0.39, 0.29) is 10.8 Å². The van der Waals surface area contributed by atoms with E-state index >= 15 is 0 Å². The normalized spacial score (nSPS) is 11.9. The summed E-state index contributed by atoms with van der Waals surface area (Å²) in [6, 6.07) is 10.8. The molecule has 1 amide bonds. The van der Waals surface area contributed by atoms with Gasteiger partial charge in [0, 0.05) is 24.9 Å². The maximum atomic E-state index is 13.4. The summed E-state index contributed by atoms with van der Waals surface area (Å²) in [5.74, 6) is -0.140. The van der Waals surface area contributed by atoms with Crippen molar-refractivity contribution in [3.05, 3.63) is 53.1 Å². The van der Waals surface area contributed by atoms with E-state index in [1.807, 2.05) is 57.1 Å². The Kier molecular flexibility index (Phi) is 6.07. The monoisotopic (exact) mass is 431 g/mol. The molecule has 0 fully saturated rings. The van der Waals surface area contributed by atoms with Crippen molar-refractivity contribution in [1.82, 2.24) is 9.88 Å². The van der Waals surface area contributed by atoms with Crippen LogP contribution in [0.3, 0.4) is 0 Å². The molecule has 0 saturated carbocycles. The van der Waals surface area contributed by atoms with Gasteiger partial charge in [-0.25, -0.2) is 13.4 Å². The molecule has 29 heavy (non-hydrogen) atoms. The fourth-order valence-electron chi connectivity index (χ4n) is 3.16. The number of benzene rings is 2. The van der Waals surface area contributed by atoms with Crippen LogP contribution in [0.15, 0.2) is 41.3 Å². The first-order chi connectivity index (χ1) is 13.6. The molecule has 1 heterocycles. The Balaban J connectivity index is 2.10. The van der Waals surface area contributed by atoms with E-state index < -0.39 is 9.84 Å². The molecule has 0 aliphatic heterocycles. The number of thiazole rings is 1. The molecule has 0 atom stereocenters. The Hall–Kier alpha value is -2.29. The molecule has 1 aromatic heterocycles. The van der Waals surface area contributed by atoms with Crippen LogP contribution < -0.4 is 4.90 Å². The van der Waals surface area contributed by atoms with Gasteiger partial charge in [0.2, 0.25) is 0 Å². The van der Waals surface area contributed by atoms with Gasteiger partial charge in [-0.2, -0.15) is 0 Å². The second-order valence-electron chi connectivity index (χ2n) is 7.51. The number of sulfone groups is 1. The van der Waals surface area contributed by atoms with Crippen LogP contribution in [0.2, 0.25) is 0 Å². The van der Waals surface area contributed by atoms with Crippen LogP contribution >= 0.6 is 11.3 Å². The summed E-state index contributed by atoms with van der Waals surface area (Å²) in [6.07, 6.45) is 1.17. The summed E-state index contributed by atoms with van der Waals surface area (Å²) < 4.78 is 25.0. The smallest absolute Gasteiger partial charge is 0.260 e. The number of aryl methyl sites for hydroxylation is 2. The van der Waals surface area contributed by atoms with Crippen LogP contribution in [0.25, 0.3) is 10.2 Å². The Morgan fingerprint density at radius 3 is 2.31 bits per heavy atom. The number of amides is 1. The van der Waals surface area contributed by atoms with Crippen LogP contribution in [-0.4, -0.2) is 57.6 Å². The Morgan fingerprint density at radius 2 is 1.72 bits per heavy atom. The molecule has 8 heteroatoms. The van der Waals surface area contributed by atoms with E-state index in [1.165, 1.54) is 17.6 Å². The Bertz CT molecular complexity index is 1150. The predicted octanol–water partition coefficient (Wildman–Crippen LogP) is 3.53. The summed E-state index contributed by atoms with van der Waals surface area (Å²) in [7, 11) is 0.469. The van der Waals surface area contributed by atoms with Gasteiger partial charge in [0.05, 0.1) is 9.60 Å². The lowest BCUT2D eigenvalue weighted by atomic mass is 10.1. The van der Waals surface area contributed by atoms with Crippen molar-refractivity contribution < 1.29 is 13.2 Å². The average molecular weight is 432 g/mol. The first-order valence-electron chi connectivity index (χ1n) is 9.21. The van der Waals surface area contributed by atoms with Crippen LogP contribution in [0.1, 0.15) is 21.5 Å². The molecule has 0 spiro atoms. The summed E-state index contributed by atoms with van der Waals surface area (Å²) in [5, 5.41) is 0.502. The third-order valence-electron chi connectivity index (χ3n) is 4.49. The average Bonchev–Trinajstić information content (AvgIpc) is 3.03. The Morgan fingerprint density at radius 1 is 1.07 bits per heavy atom. The number of rotatable bonds is 6. The predicted molar refractivity (Wildman–Crippen MR) is 119 cm³/mol. The van der Waals surface area contributed by atoms with Gasteiger partial charge in [-0.1, -0.05) is 34.6 Å². The van der Waals surface area contributed by atoms with Gasteiger partial charge in [-0.05, 0) is 52.2 Å². The van der Waals surface area contributed by atoms with Crippen molar-refractivity contribution in [1.29, 1.82) is 0 Å². The molecule has 3 rings (SSSR count). The van der Waals surface area contributed by atoms with Gasteiger partial charge in [0.25, 0.3) is 5.91 Å². The Labute approximate surface area is 175 Å². The zero-order valence-electron chi connectivity index (χ0n) is 17.3. The number of hydrogen-bond acceptors (Lipinski definition) is 6. The summed E-state index contributed by atoms with van der Waals surface area (Å²) in [5.41, 5.74) is 3.05. The first-order valence-corrected chi connectivity index (χ1v) is 11.9. The van der Waals surface area contributed by atoms with Crippen LogP contribution in [-0.2, 0) is 9.84 Å². The lowest BCUT2D eigenvalue weighted by Gasteiger charge is -2.22. The van der Waals surface area contributed by atoms with E-state index in [1.54, 1.807) is 17.0 Å². The number of carbonyl (C=O) groups excluding carboxylic acids is 1. The molecule has 0 saturated heterocycles. The third kappa shape index (κ3) is 4.83. The van der Waals surface area contributed by atoms with E-state index in [2.05, 4.69) is 4.98 Å². The number of carbonyl (C=O) groups is 1. The minimum Gasteiger partial charge on any atom is -0.308 e. The van der Waals surface area contributed by atoms with Crippen LogP contribution in [0.5, 0.6) is 0 Å². The van der Waals surface area contributed by atoms with Crippen molar-refractivity contribution in [2.75, 3.05) is 38.3 Å².